The Labute approximate surface area is 211 Å². The molecule has 6 nitrogen and oxygen atoms in total. The van der Waals surface area contributed by atoms with Crippen molar-refractivity contribution in [3.8, 4) is 33.8 Å². The number of rotatable bonds is 7. The quantitative estimate of drug-likeness (QED) is 0.283. The Bertz CT molecular complexity index is 1590. The second-order valence-corrected chi connectivity index (χ2v) is 10.4. The number of carbonyl (C=O) groups excluding carboxylic acids is 1. The number of nitrogens with one attached hydrogen (secondary N) is 1. The van der Waals surface area contributed by atoms with Gasteiger partial charge >= 0.3 is 0 Å². The zero-order valence-corrected chi connectivity index (χ0v) is 20.6. The molecule has 0 radical (unpaired) electrons. The number of amides is 1. The standard InChI is InChI=1S/C27H21F3N2O4S/c1-3-37(34,35)22-5-7-25(32-16(2)33)24(15-22)17-4-6-23(18-8-9-31-27(30)11-18)26(10-17)36-21-13-19(28)12-20(29)14-21/h4-15H,3H2,1-2H3,(H,32,33). The fourth-order valence-corrected chi connectivity index (χ4v) is 4.62. The number of ether oxygens (including phenoxy) is 1. The first-order chi connectivity index (χ1) is 17.6. The van der Waals surface area contributed by atoms with Crippen LogP contribution in [0.2, 0.25) is 0 Å². The van der Waals surface area contributed by atoms with E-state index in [1.54, 1.807) is 12.1 Å². The molecule has 0 atom stereocenters. The maximum Gasteiger partial charge on any atom is 0.221 e. The number of nitrogens with zero attached hydrogens (tertiary/aromatic N) is 1. The van der Waals surface area contributed by atoms with Crippen LogP contribution in [0, 0.1) is 17.6 Å². The third-order valence-electron chi connectivity index (χ3n) is 5.43. The highest BCUT2D eigenvalue weighted by atomic mass is 32.2. The molecule has 1 N–H and O–H groups in total. The number of anilines is 1. The van der Waals surface area contributed by atoms with Crippen LogP contribution in [0.25, 0.3) is 22.3 Å². The third kappa shape index (κ3) is 5.97. The van der Waals surface area contributed by atoms with Crippen LogP contribution < -0.4 is 10.1 Å². The second kappa shape index (κ2) is 10.4. The Kier molecular flexibility index (Phi) is 7.30. The molecule has 4 rings (SSSR count). The summed E-state index contributed by atoms with van der Waals surface area (Å²) in [6.45, 7) is 2.83. The van der Waals surface area contributed by atoms with Crippen molar-refractivity contribution in [3.05, 3.63) is 90.5 Å². The number of halogens is 3. The van der Waals surface area contributed by atoms with Crippen LogP contribution in [-0.2, 0) is 14.6 Å². The Morgan fingerprint density at radius 3 is 2.24 bits per heavy atom. The number of hydrogen-bond donors (Lipinski definition) is 1. The van der Waals surface area contributed by atoms with Gasteiger partial charge in [0, 0.05) is 54.2 Å². The van der Waals surface area contributed by atoms with Gasteiger partial charge in [0.1, 0.15) is 23.1 Å². The summed E-state index contributed by atoms with van der Waals surface area (Å²) in [4.78, 5) is 15.4. The SMILES string of the molecule is CCS(=O)(=O)c1ccc(NC(C)=O)c(-c2ccc(-c3ccnc(F)c3)c(Oc3cc(F)cc(F)c3)c2)c1. The average Bonchev–Trinajstić information content (AvgIpc) is 2.83. The van der Waals surface area contributed by atoms with E-state index in [0.29, 0.717) is 34.0 Å². The molecular weight excluding hydrogens is 505 g/mol. The van der Waals surface area contributed by atoms with E-state index in [0.717, 1.165) is 12.1 Å². The van der Waals surface area contributed by atoms with Gasteiger partial charge in [-0.2, -0.15) is 4.39 Å². The van der Waals surface area contributed by atoms with Gasteiger partial charge in [-0.15, -0.1) is 0 Å². The van der Waals surface area contributed by atoms with Crippen LogP contribution in [0.1, 0.15) is 13.8 Å². The lowest BCUT2D eigenvalue weighted by molar-refractivity contribution is -0.114. The summed E-state index contributed by atoms with van der Waals surface area (Å²) in [6.07, 6.45) is 1.26. The normalized spacial score (nSPS) is 11.3. The van der Waals surface area contributed by atoms with E-state index >= 15 is 0 Å². The monoisotopic (exact) mass is 526 g/mol. The number of sulfone groups is 1. The number of benzene rings is 3. The van der Waals surface area contributed by atoms with Crippen molar-refractivity contribution in [1.82, 2.24) is 4.98 Å². The predicted octanol–water partition coefficient (Wildman–Crippen LogP) is 6.38. The Morgan fingerprint density at radius 2 is 1.59 bits per heavy atom. The number of aromatic nitrogens is 1. The molecule has 0 saturated carbocycles. The number of carbonyl (C=O) groups is 1. The van der Waals surface area contributed by atoms with E-state index in [2.05, 4.69) is 10.3 Å². The highest BCUT2D eigenvalue weighted by molar-refractivity contribution is 7.91. The fraction of sp³-hybridized carbons (Fsp3) is 0.111. The molecule has 1 amide bonds. The lowest BCUT2D eigenvalue weighted by Crippen LogP contribution is -2.09. The summed E-state index contributed by atoms with van der Waals surface area (Å²) < 4.78 is 72.5. The van der Waals surface area contributed by atoms with Gasteiger partial charge in [0.15, 0.2) is 9.84 Å². The van der Waals surface area contributed by atoms with Crippen LogP contribution >= 0.6 is 0 Å². The van der Waals surface area contributed by atoms with Gasteiger partial charge in [-0.3, -0.25) is 4.79 Å². The zero-order valence-electron chi connectivity index (χ0n) is 19.8. The van der Waals surface area contributed by atoms with E-state index in [1.165, 1.54) is 56.4 Å². The smallest absolute Gasteiger partial charge is 0.221 e. The molecule has 1 aromatic heterocycles. The van der Waals surface area contributed by atoms with Crippen molar-refractivity contribution in [1.29, 1.82) is 0 Å². The van der Waals surface area contributed by atoms with Gasteiger partial charge in [-0.25, -0.2) is 22.2 Å². The minimum Gasteiger partial charge on any atom is -0.456 e. The van der Waals surface area contributed by atoms with Crippen molar-refractivity contribution >= 4 is 21.4 Å². The van der Waals surface area contributed by atoms with E-state index in [-0.39, 0.29) is 28.1 Å². The molecule has 0 aliphatic rings. The van der Waals surface area contributed by atoms with Gasteiger partial charge in [-0.05, 0) is 41.5 Å². The molecule has 0 saturated heterocycles. The van der Waals surface area contributed by atoms with Crippen molar-refractivity contribution in [2.24, 2.45) is 0 Å². The maximum absolute atomic E-state index is 13.9. The van der Waals surface area contributed by atoms with Crippen LogP contribution in [0.5, 0.6) is 11.5 Å². The zero-order chi connectivity index (χ0) is 26.7. The summed E-state index contributed by atoms with van der Waals surface area (Å²) in [5.41, 5.74) is 1.91. The minimum atomic E-state index is -3.57. The molecule has 190 valence electrons. The number of pyridine rings is 1. The van der Waals surface area contributed by atoms with Gasteiger partial charge < -0.3 is 10.1 Å². The van der Waals surface area contributed by atoms with Crippen LogP contribution in [0.4, 0.5) is 18.9 Å². The number of hydrogen-bond acceptors (Lipinski definition) is 5. The van der Waals surface area contributed by atoms with E-state index in [1.807, 2.05) is 0 Å². The van der Waals surface area contributed by atoms with E-state index in [9.17, 15) is 26.4 Å². The lowest BCUT2D eigenvalue weighted by Gasteiger charge is -2.16. The minimum absolute atomic E-state index is 0.0500. The highest BCUT2D eigenvalue weighted by Gasteiger charge is 2.18. The fourth-order valence-electron chi connectivity index (χ4n) is 3.72. The third-order valence-corrected chi connectivity index (χ3v) is 7.17. The van der Waals surface area contributed by atoms with E-state index < -0.39 is 27.4 Å². The molecule has 0 fully saturated rings. The molecule has 1 heterocycles. The molecule has 0 aliphatic carbocycles. The molecule has 0 aliphatic heterocycles. The maximum atomic E-state index is 13.9. The van der Waals surface area contributed by atoms with Crippen LogP contribution in [-0.4, -0.2) is 25.1 Å². The first-order valence-electron chi connectivity index (χ1n) is 11.1. The average molecular weight is 527 g/mol. The van der Waals surface area contributed by atoms with Crippen LogP contribution in [0.3, 0.4) is 0 Å². The van der Waals surface area contributed by atoms with Crippen molar-refractivity contribution in [2.45, 2.75) is 18.7 Å². The lowest BCUT2D eigenvalue weighted by atomic mass is 9.98. The molecule has 3 aromatic carbocycles. The molecule has 0 bridgehead atoms. The van der Waals surface area contributed by atoms with Gasteiger partial charge in [0.2, 0.25) is 11.9 Å². The second-order valence-electron chi connectivity index (χ2n) is 8.08. The van der Waals surface area contributed by atoms with Crippen molar-refractivity contribution in [3.63, 3.8) is 0 Å². The Balaban J connectivity index is 1.93. The first-order valence-corrected chi connectivity index (χ1v) is 12.8. The largest absolute Gasteiger partial charge is 0.456 e. The molecule has 4 aromatic rings. The summed E-state index contributed by atoms with van der Waals surface area (Å²) >= 11 is 0. The summed E-state index contributed by atoms with van der Waals surface area (Å²) in [5.74, 6) is -2.99. The Hall–Kier alpha value is -4.18. The van der Waals surface area contributed by atoms with Gasteiger partial charge in [-0.1, -0.05) is 19.1 Å². The van der Waals surface area contributed by atoms with Gasteiger partial charge in [0.25, 0.3) is 0 Å². The molecular formula is C27H21F3N2O4S. The molecule has 37 heavy (non-hydrogen) atoms. The molecule has 0 spiro atoms. The van der Waals surface area contributed by atoms with Crippen LogP contribution in [0.15, 0.2) is 77.8 Å². The summed E-state index contributed by atoms with van der Waals surface area (Å²) in [6, 6.07) is 14.4. The summed E-state index contributed by atoms with van der Waals surface area (Å²) in [5, 5.41) is 2.67. The Morgan fingerprint density at radius 1 is 0.892 bits per heavy atom. The first kappa shape index (κ1) is 25.9. The molecule has 0 unspecified atom stereocenters. The topological polar surface area (TPSA) is 85.4 Å². The van der Waals surface area contributed by atoms with Crippen molar-refractivity contribution < 1.29 is 31.1 Å². The molecule has 10 heteroatoms. The predicted molar refractivity (Wildman–Crippen MR) is 134 cm³/mol. The van der Waals surface area contributed by atoms with Crippen molar-refractivity contribution in [2.75, 3.05) is 11.1 Å². The van der Waals surface area contributed by atoms with E-state index in [4.69, 9.17) is 4.74 Å². The summed E-state index contributed by atoms with van der Waals surface area (Å²) in [7, 11) is -3.57. The van der Waals surface area contributed by atoms with Gasteiger partial charge in [0.05, 0.1) is 10.6 Å². The highest BCUT2D eigenvalue weighted by Crippen LogP contribution is 2.40.